The Labute approximate surface area is 84.1 Å². The Kier molecular flexibility index (Phi) is 3.06. The summed E-state index contributed by atoms with van der Waals surface area (Å²) in [7, 11) is 1.13. The minimum Gasteiger partial charge on any atom is -0.462 e. The van der Waals surface area contributed by atoms with Gasteiger partial charge in [0, 0.05) is 7.05 Å². The number of halogens is 3. The van der Waals surface area contributed by atoms with E-state index in [-0.39, 0.29) is 6.61 Å². The molecule has 0 unspecified atom stereocenters. The highest BCUT2D eigenvalue weighted by Gasteiger charge is 2.34. The number of aromatic nitrogens is 2. The molecule has 0 radical (unpaired) electrons. The van der Waals surface area contributed by atoms with Crippen molar-refractivity contribution >= 4 is 18.5 Å². The van der Waals surface area contributed by atoms with Crippen LogP contribution in [-0.2, 0) is 11.8 Å². The molecule has 0 fully saturated rings. The molecular formula is C7H9BF3N2O2-. The molecule has 1 rings (SSSR count). The molecule has 84 valence electrons. The second-order valence-electron chi connectivity index (χ2n) is 2.86. The summed E-state index contributed by atoms with van der Waals surface area (Å²) in [5, 5.41) is 3.40. The Morgan fingerprint density at radius 2 is 2.20 bits per heavy atom. The monoisotopic (exact) mass is 221 g/mol. The van der Waals surface area contributed by atoms with E-state index < -0.39 is 24.1 Å². The van der Waals surface area contributed by atoms with Crippen LogP contribution in [0.3, 0.4) is 0 Å². The normalized spacial score (nSPS) is 11.5. The van der Waals surface area contributed by atoms with E-state index in [4.69, 9.17) is 0 Å². The van der Waals surface area contributed by atoms with Crippen LogP contribution in [0.25, 0.3) is 0 Å². The van der Waals surface area contributed by atoms with Crippen molar-refractivity contribution in [3.63, 3.8) is 0 Å². The highest BCUT2D eigenvalue weighted by molar-refractivity contribution is 6.74. The van der Waals surface area contributed by atoms with E-state index in [1.54, 1.807) is 0 Å². The first-order valence-electron chi connectivity index (χ1n) is 4.27. The van der Waals surface area contributed by atoms with Gasteiger partial charge in [-0.15, -0.1) is 0 Å². The molecular weight excluding hydrogens is 212 g/mol. The van der Waals surface area contributed by atoms with E-state index in [0.29, 0.717) is 4.68 Å². The van der Waals surface area contributed by atoms with Gasteiger partial charge in [0.05, 0.1) is 18.4 Å². The first kappa shape index (κ1) is 11.6. The fraction of sp³-hybridized carbons (Fsp3) is 0.429. The van der Waals surface area contributed by atoms with Crippen LogP contribution in [0.5, 0.6) is 0 Å². The number of aryl methyl sites for hydroxylation is 1. The molecule has 4 nitrogen and oxygen atoms in total. The molecule has 0 aliphatic carbocycles. The lowest BCUT2D eigenvalue weighted by molar-refractivity contribution is 0.0527. The first-order valence-corrected chi connectivity index (χ1v) is 4.27. The van der Waals surface area contributed by atoms with Crippen LogP contribution in [-0.4, -0.2) is 29.3 Å². The summed E-state index contributed by atoms with van der Waals surface area (Å²) < 4.78 is 42.7. The minimum absolute atomic E-state index is 0.0258. The third-order valence-corrected chi connectivity index (χ3v) is 1.79. The molecule has 1 aromatic rings. The van der Waals surface area contributed by atoms with E-state index in [9.17, 15) is 17.7 Å². The zero-order valence-electron chi connectivity index (χ0n) is 8.21. The zero-order valence-corrected chi connectivity index (χ0v) is 8.21. The zero-order chi connectivity index (χ0) is 11.6. The lowest BCUT2D eigenvalue weighted by Crippen LogP contribution is -2.42. The second kappa shape index (κ2) is 3.96. The summed E-state index contributed by atoms with van der Waals surface area (Å²) in [6.45, 7) is -3.72. The number of carbonyl (C=O) groups is 1. The predicted octanol–water partition coefficient (Wildman–Crippen LogP) is 0.651. The molecule has 1 heterocycles. The van der Waals surface area contributed by atoms with Crippen LogP contribution in [0.1, 0.15) is 17.3 Å². The van der Waals surface area contributed by atoms with Gasteiger partial charge in [-0.3, -0.25) is 0 Å². The maximum absolute atomic E-state index is 12.5. The van der Waals surface area contributed by atoms with E-state index in [1.165, 1.54) is 6.92 Å². The highest BCUT2D eigenvalue weighted by Crippen LogP contribution is 2.12. The summed E-state index contributed by atoms with van der Waals surface area (Å²) in [6, 6.07) is 0. The Morgan fingerprint density at radius 3 is 2.67 bits per heavy atom. The quantitative estimate of drug-likeness (QED) is 0.555. The average Bonchev–Trinajstić information content (AvgIpc) is 2.46. The van der Waals surface area contributed by atoms with Gasteiger partial charge in [0.15, 0.2) is 0 Å². The fourth-order valence-corrected chi connectivity index (χ4v) is 1.20. The van der Waals surface area contributed by atoms with Crippen molar-refractivity contribution in [2.24, 2.45) is 7.05 Å². The van der Waals surface area contributed by atoms with E-state index in [1.807, 2.05) is 0 Å². The number of hydrogen-bond donors (Lipinski definition) is 0. The molecule has 0 aromatic carbocycles. The molecule has 0 bridgehead atoms. The Hall–Kier alpha value is -1.47. The van der Waals surface area contributed by atoms with Gasteiger partial charge in [0.2, 0.25) is 0 Å². The molecule has 0 saturated heterocycles. The second-order valence-corrected chi connectivity index (χ2v) is 2.86. The van der Waals surface area contributed by atoms with Crippen LogP contribution in [0.15, 0.2) is 6.20 Å². The van der Waals surface area contributed by atoms with Gasteiger partial charge in [-0.05, 0) is 12.5 Å². The molecule has 0 aliphatic rings. The maximum atomic E-state index is 12.5. The van der Waals surface area contributed by atoms with Gasteiger partial charge >= 0.3 is 12.9 Å². The number of carbonyl (C=O) groups excluding carboxylic acids is 1. The van der Waals surface area contributed by atoms with Crippen molar-refractivity contribution in [3.8, 4) is 0 Å². The Morgan fingerprint density at radius 1 is 1.60 bits per heavy atom. The van der Waals surface area contributed by atoms with Crippen molar-refractivity contribution in [3.05, 3.63) is 11.8 Å². The topological polar surface area (TPSA) is 44.1 Å². The SMILES string of the molecule is CCOC(=O)c1cnn(C)c1[B-](F)(F)F. The number of ether oxygens (including phenoxy) is 1. The van der Waals surface area contributed by atoms with Crippen LogP contribution in [0.2, 0.25) is 0 Å². The summed E-state index contributed by atoms with van der Waals surface area (Å²) in [5.41, 5.74) is -1.57. The highest BCUT2D eigenvalue weighted by atomic mass is 19.4. The Balaban J connectivity index is 3.15. The molecule has 0 atom stereocenters. The molecule has 0 spiro atoms. The van der Waals surface area contributed by atoms with Crippen molar-refractivity contribution < 1.29 is 22.5 Å². The number of esters is 1. The smallest absolute Gasteiger partial charge is 0.462 e. The van der Waals surface area contributed by atoms with Gasteiger partial charge in [-0.2, -0.15) is 5.10 Å². The molecule has 0 saturated carbocycles. The average molecular weight is 221 g/mol. The summed E-state index contributed by atoms with van der Waals surface area (Å²) in [5.74, 6) is -1.00. The molecule has 8 heteroatoms. The number of nitrogens with zero attached hydrogens (tertiary/aromatic N) is 2. The standard InChI is InChI=1S/C7H9BF3N2O2/c1-3-15-7(14)5-4-12-13(2)6(5)8(9,10)11/h4H,3H2,1-2H3/q-1. The molecule has 15 heavy (non-hydrogen) atoms. The predicted molar refractivity (Wildman–Crippen MR) is 47.9 cm³/mol. The molecule has 0 aliphatic heterocycles. The van der Waals surface area contributed by atoms with Crippen molar-refractivity contribution in [1.29, 1.82) is 0 Å². The number of hydrogen-bond acceptors (Lipinski definition) is 3. The summed E-state index contributed by atoms with van der Waals surface area (Å²) in [6.07, 6.45) is 0.864. The van der Waals surface area contributed by atoms with Gasteiger partial charge in [0.25, 0.3) is 0 Å². The van der Waals surface area contributed by atoms with Gasteiger partial charge in [0.1, 0.15) is 0 Å². The molecule has 0 amide bonds. The third kappa shape index (κ3) is 2.31. The molecule has 1 aromatic heterocycles. The lowest BCUT2D eigenvalue weighted by Gasteiger charge is -2.16. The summed E-state index contributed by atoms with van der Waals surface area (Å²) >= 11 is 0. The van der Waals surface area contributed by atoms with Crippen LogP contribution in [0.4, 0.5) is 12.9 Å². The van der Waals surface area contributed by atoms with Crippen molar-refractivity contribution in [1.82, 2.24) is 9.78 Å². The van der Waals surface area contributed by atoms with E-state index >= 15 is 0 Å². The first-order chi connectivity index (χ1) is 6.88. The fourth-order valence-electron chi connectivity index (χ4n) is 1.20. The number of rotatable bonds is 3. The third-order valence-electron chi connectivity index (χ3n) is 1.79. The van der Waals surface area contributed by atoms with Crippen LogP contribution >= 0.6 is 0 Å². The van der Waals surface area contributed by atoms with Gasteiger partial charge < -0.3 is 22.4 Å². The molecule has 0 N–H and O–H groups in total. The Bertz CT molecular complexity index is 375. The lowest BCUT2D eigenvalue weighted by atomic mass is 9.83. The minimum atomic E-state index is -5.27. The van der Waals surface area contributed by atoms with Crippen molar-refractivity contribution in [2.45, 2.75) is 6.92 Å². The maximum Gasteiger partial charge on any atom is 0.528 e. The van der Waals surface area contributed by atoms with Crippen molar-refractivity contribution in [2.75, 3.05) is 6.61 Å². The summed E-state index contributed by atoms with van der Waals surface area (Å²) in [4.78, 5) is 11.2. The van der Waals surface area contributed by atoms with Crippen LogP contribution < -0.4 is 5.59 Å². The van der Waals surface area contributed by atoms with Gasteiger partial charge in [-0.25, -0.2) is 4.79 Å². The van der Waals surface area contributed by atoms with E-state index in [2.05, 4.69) is 9.84 Å². The van der Waals surface area contributed by atoms with Gasteiger partial charge in [-0.1, -0.05) is 0 Å². The van der Waals surface area contributed by atoms with Crippen LogP contribution in [0, 0.1) is 0 Å². The van der Waals surface area contributed by atoms with E-state index in [0.717, 1.165) is 13.2 Å². The largest absolute Gasteiger partial charge is 0.528 e.